The number of ether oxygens (including phenoxy) is 1. The lowest BCUT2D eigenvalue weighted by Gasteiger charge is -2.12. The van der Waals surface area contributed by atoms with Crippen molar-refractivity contribution in [3.63, 3.8) is 0 Å². The van der Waals surface area contributed by atoms with Crippen molar-refractivity contribution in [3.8, 4) is 5.75 Å². The third-order valence-electron chi connectivity index (χ3n) is 3.53. The molecule has 116 valence electrons. The number of rotatable bonds is 8. The highest BCUT2D eigenvalue weighted by atomic mass is 16.5. The summed E-state index contributed by atoms with van der Waals surface area (Å²) in [6, 6.07) is 5.79. The van der Waals surface area contributed by atoms with E-state index in [0.717, 1.165) is 16.9 Å². The van der Waals surface area contributed by atoms with E-state index >= 15 is 0 Å². The van der Waals surface area contributed by atoms with Crippen LogP contribution < -0.4 is 10.1 Å². The molecule has 0 saturated heterocycles. The Morgan fingerprint density at radius 1 is 1.33 bits per heavy atom. The van der Waals surface area contributed by atoms with E-state index in [-0.39, 0.29) is 25.5 Å². The third kappa shape index (κ3) is 5.45. The van der Waals surface area contributed by atoms with Gasteiger partial charge in [0.05, 0.1) is 18.9 Å². The van der Waals surface area contributed by atoms with Crippen molar-refractivity contribution in [2.45, 2.75) is 33.6 Å². The number of aliphatic carboxylic acids is 1. The van der Waals surface area contributed by atoms with Gasteiger partial charge in [0.1, 0.15) is 5.75 Å². The van der Waals surface area contributed by atoms with Crippen LogP contribution >= 0.6 is 0 Å². The van der Waals surface area contributed by atoms with E-state index in [2.05, 4.69) is 5.32 Å². The maximum Gasteiger partial charge on any atom is 0.308 e. The molecule has 1 unspecified atom stereocenters. The molecule has 0 fully saturated rings. The van der Waals surface area contributed by atoms with Gasteiger partial charge in [-0.25, -0.2) is 0 Å². The van der Waals surface area contributed by atoms with E-state index in [9.17, 15) is 9.59 Å². The fraction of sp³-hybridized carbons (Fsp3) is 0.500. The van der Waals surface area contributed by atoms with Gasteiger partial charge >= 0.3 is 5.97 Å². The largest absolute Gasteiger partial charge is 0.493 e. The number of carboxylic acids is 1. The van der Waals surface area contributed by atoms with E-state index < -0.39 is 11.9 Å². The molecule has 1 aromatic carbocycles. The van der Waals surface area contributed by atoms with E-state index in [1.165, 1.54) is 0 Å². The number of hydrogen-bond donors (Lipinski definition) is 2. The molecule has 0 radical (unpaired) electrons. The highest BCUT2D eigenvalue weighted by Crippen LogP contribution is 2.20. The van der Waals surface area contributed by atoms with Crippen LogP contribution in [0.2, 0.25) is 0 Å². The number of carboxylic acid groups (broad SMARTS) is 1. The predicted molar refractivity (Wildman–Crippen MR) is 80.5 cm³/mol. The SMILES string of the molecule is CCC(CNC(=O)CCOc1cccc(C)c1C)C(=O)O. The molecule has 0 spiro atoms. The Balaban J connectivity index is 2.34. The Hall–Kier alpha value is -2.04. The van der Waals surface area contributed by atoms with Crippen LogP contribution in [-0.4, -0.2) is 30.1 Å². The van der Waals surface area contributed by atoms with Crippen LogP contribution in [0.5, 0.6) is 5.75 Å². The van der Waals surface area contributed by atoms with Crippen molar-refractivity contribution in [2.24, 2.45) is 5.92 Å². The Labute approximate surface area is 125 Å². The molecule has 1 rings (SSSR count). The summed E-state index contributed by atoms with van der Waals surface area (Å²) >= 11 is 0. The lowest BCUT2D eigenvalue weighted by atomic mass is 10.1. The minimum atomic E-state index is -0.885. The zero-order valence-corrected chi connectivity index (χ0v) is 12.8. The number of nitrogens with one attached hydrogen (secondary N) is 1. The van der Waals surface area contributed by atoms with Crippen LogP contribution in [0.4, 0.5) is 0 Å². The monoisotopic (exact) mass is 293 g/mol. The van der Waals surface area contributed by atoms with Gasteiger partial charge in [-0.2, -0.15) is 0 Å². The zero-order chi connectivity index (χ0) is 15.8. The summed E-state index contributed by atoms with van der Waals surface area (Å²) in [5, 5.41) is 11.5. The molecule has 5 nitrogen and oxygen atoms in total. The van der Waals surface area contributed by atoms with E-state index in [0.29, 0.717) is 6.42 Å². The minimum absolute atomic E-state index is 0.161. The molecule has 1 atom stereocenters. The van der Waals surface area contributed by atoms with Crippen LogP contribution in [-0.2, 0) is 9.59 Å². The van der Waals surface area contributed by atoms with Gasteiger partial charge in [-0.15, -0.1) is 0 Å². The molecule has 1 amide bonds. The van der Waals surface area contributed by atoms with Gasteiger partial charge in [0.25, 0.3) is 0 Å². The molecule has 0 aliphatic heterocycles. The number of amides is 1. The fourth-order valence-electron chi connectivity index (χ4n) is 1.87. The second-order valence-electron chi connectivity index (χ2n) is 5.04. The van der Waals surface area contributed by atoms with E-state index in [1.54, 1.807) is 6.92 Å². The summed E-state index contributed by atoms with van der Waals surface area (Å²) in [7, 11) is 0. The molecular formula is C16H23NO4. The number of benzene rings is 1. The highest BCUT2D eigenvalue weighted by molar-refractivity contribution is 5.77. The Morgan fingerprint density at radius 3 is 2.67 bits per heavy atom. The van der Waals surface area contributed by atoms with Gasteiger partial charge in [0, 0.05) is 6.54 Å². The number of carbonyl (C=O) groups excluding carboxylic acids is 1. The lowest BCUT2D eigenvalue weighted by molar-refractivity contribution is -0.141. The Bertz CT molecular complexity index is 499. The van der Waals surface area contributed by atoms with Crippen molar-refractivity contribution in [1.29, 1.82) is 0 Å². The molecule has 0 heterocycles. The molecule has 21 heavy (non-hydrogen) atoms. The quantitative estimate of drug-likeness (QED) is 0.771. The van der Waals surface area contributed by atoms with Crippen molar-refractivity contribution in [3.05, 3.63) is 29.3 Å². The first-order valence-corrected chi connectivity index (χ1v) is 7.14. The van der Waals surface area contributed by atoms with Crippen molar-refractivity contribution in [2.75, 3.05) is 13.2 Å². The first kappa shape index (κ1) is 17.0. The molecule has 2 N–H and O–H groups in total. The molecule has 0 bridgehead atoms. The summed E-state index contributed by atoms with van der Waals surface area (Å²) in [5.74, 6) is -0.835. The Kier molecular flexibility index (Phi) is 6.72. The van der Waals surface area contributed by atoms with Gasteiger partial charge in [-0.3, -0.25) is 9.59 Å². The van der Waals surface area contributed by atoms with E-state index in [1.807, 2.05) is 32.0 Å². The first-order valence-electron chi connectivity index (χ1n) is 7.14. The maximum atomic E-state index is 11.6. The van der Waals surface area contributed by atoms with Gasteiger partial charge in [0.2, 0.25) is 5.91 Å². The minimum Gasteiger partial charge on any atom is -0.493 e. The van der Waals surface area contributed by atoms with Crippen LogP contribution in [0.25, 0.3) is 0 Å². The standard InChI is InChI=1S/C16H23NO4/c1-4-13(16(19)20)10-17-15(18)8-9-21-14-7-5-6-11(2)12(14)3/h5-7,13H,4,8-10H2,1-3H3,(H,17,18)(H,19,20). The summed E-state index contributed by atoms with van der Waals surface area (Å²) in [5.41, 5.74) is 2.21. The molecule has 5 heteroatoms. The molecule has 0 saturated carbocycles. The van der Waals surface area contributed by atoms with Crippen LogP contribution in [0.3, 0.4) is 0 Å². The summed E-state index contributed by atoms with van der Waals surface area (Å²) in [6.45, 7) is 6.21. The summed E-state index contributed by atoms with van der Waals surface area (Å²) in [4.78, 5) is 22.5. The fourth-order valence-corrected chi connectivity index (χ4v) is 1.87. The predicted octanol–water partition coefficient (Wildman–Crippen LogP) is 2.30. The van der Waals surface area contributed by atoms with Gasteiger partial charge in [-0.1, -0.05) is 19.1 Å². The summed E-state index contributed by atoms with van der Waals surface area (Å²) in [6.07, 6.45) is 0.706. The second kappa shape index (κ2) is 8.29. The summed E-state index contributed by atoms with van der Waals surface area (Å²) < 4.78 is 5.59. The topological polar surface area (TPSA) is 75.6 Å². The number of carbonyl (C=O) groups is 2. The van der Waals surface area contributed by atoms with Gasteiger partial charge in [-0.05, 0) is 37.5 Å². The molecule has 0 aliphatic carbocycles. The van der Waals surface area contributed by atoms with Crippen LogP contribution in [0.15, 0.2) is 18.2 Å². The normalized spacial score (nSPS) is 11.8. The smallest absolute Gasteiger partial charge is 0.308 e. The van der Waals surface area contributed by atoms with Crippen LogP contribution in [0, 0.1) is 19.8 Å². The first-order chi connectivity index (χ1) is 9.95. The highest BCUT2D eigenvalue weighted by Gasteiger charge is 2.15. The van der Waals surface area contributed by atoms with E-state index in [4.69, 9.17) is 9.84 Å². The average Bonchev–Trinajstić information content (AvgIpc) is 2.44. The number of aryl methyl sites for hydroxylation is 1. The Morgan fingerprint density at radius 2 is 2.05 bits per heavy atom. The molecule has 0 aliphatic rings. The van der Waals surface area contributed by atoms with Crippen molar-refractivity contribution in [1.82, 2.24) is 5.32 Å². The molecule has 0 aromatic heterocycles. The maximum absolute atomic E-state index is 11.6. The van der Waals surface area contributed by atoms with Crippen LogP contribution in [0.1, 0.15) is 30.9 Å². The van der Waals surface area contributed by atoms with Crippen molar-refractivity contribution < 1.29 is 19.4 Å². The molecular weight excluding hydrogens is 270 g/mol. The average molecular weight is 293 g/mol. The third-order valence-corrected chi connectivity index (χ3v) is 3.53. The molecule has 1 aromatic rings. The zero-order valence-electron chi connectivity index (χ0n) is 12.8. The van der Waals surface area contributed by atoms with Gasteiger partial charge in [0.15, 0.2) is 0 Å². The lowest BCUT2D eigenvalue weighted by Crippen LogP contribution is -2.33. The second-order valence-corrected chi connectivity index (χ2v) is 5.04. The van der Waals surface area contributed by atoms with Gasteiger partial charge < -0.3 is 15.2 Å². The van der Waals surface area contributed by atoms with Crippen molar-refractivity contribution >= 4 is 11.9 Å². The number of hydrogen-bond acceptors (Lipinski definition) is 3.